The lowest BCUT2D eigenvalue weighted by molar-refractivity contribution is -0.142. The molecule has 3 heterocycles. The third-order valence-corrected chi connectivity index (χ3v) is 5.99. The molecule has 2 aromatic heterocycles. The van der Waals surface area contributed by atoms with Crippen LogP contribution in [0.3, 0.4) is 0 Å². The molecule has 10 heteroatoms. The second kappa shape index (κ2) is 7.77. The Morgan fingerprint density at radius 3 is 2.27 bits per heavy atom. The van der Waals surface area contributed by atoms with Gasteiger partial charge in [0.15, 0.2) is 11.3 Å². The first-order chi connectivity index (χ1) is 14.1. The summed E-state index contributed by atoms with van der Waals surface area (Å²) in [5, 5.41) is 3.92. The molecule has 0 spiro atoms. The highest BCUT2D eigenvalue weighted by Gasteiger charge is 2.39. The number of alkyl halides is 5. The molecule has 1 amide bonds. The molecule has 164 valence electrons. The van der Waals surface area contributed by atoms with E-state index < -0.39 is 29.6 Å². The summed E-state index contributed by atoms with van der Waals surface area (Å²) in [6, 6.07) is 2.15. The number of nitrogens with zero attached hydrogens (tertiary/aromatic N) is 4. The quantitative estimate of drug-likeness (QED) is 0.626. The molecule has 0 radical (unpaired) electrons. The maximum Gasteiger partial charge on any atom is 0.433 e. The van der Waals surface area contributed by atoms with Gasteiger partial charge in [-0.2, -0.15) is 18.3 Å². The lowest BCUT2D eigenvalue weighted by Crippen LogP contribution is -2.32. The van der Waals surface area contributed by atoms with Crippen LogP contribution in [0.2, 0.25) is 0 Å². The van der Waals surface area contributed by atoms with Crippen molar-refractivity contribution in [3.8, 4) is 0 Å². The Balaban J connectivity index is 1.70. The lowest BCUT2D eigenvalue weighted by atomic mass is 9.84. The van der Waals surface area contributed by atoms with E-state index in [1.54, 1.807) is 4.90 Å². The zero-order valence-corrected chi connectivity index (χ0v) is 16.4. The largest absolute Gasteiger partial charge is 0.433 e. The van der Waals surface area contributed by atoms with Gasteiger partial charge < -0.3 is 4.90 Å². The van der Waals surface area contributed by atoms with Gasteiger partial charge in [-0.25, -0.2) is 18.3 Å². The molecular formula is C20H23F5N4O. The molecule has 1 aliphatic heterocycles. The number of halogens is 5. The van der Waals surface area contributed by atoms with Gasteiger partial charge in [0.05, 0.1) is 0 Å². The Kier molecular flexibility index (Phi) is 5.44. The minimum Gasteiger partial charge on any atom is -0.337 e. The number of likely N-dealkylation sites (tertiary alicyclic amines) is 1. The molecular weight excluding hydrogens is 407 g/mol. The zero-order chi connectivity index (χ0) is 21.5. The Hall–Kier alpha value is -2.26. The van der Waals surface area contributed by atoms with Crippen LogP contribution < -0.4 is 0 Å². The third-order valence-electron chi connectivity index (χ3n) is 5.99. The minimum atomic E-state index is -4.72. The first-order valence-corrected chi connectivity index (χ1v) is 10.3. The third kappa shape index (κ3) is 4.27. The molecule has 0 aromatic carbocycles. The van der Waals surface area contributed by atoms with Gasteiger partial charge in [0.1, 0.15) is 5.69 Å². The molecule has 5 nitrogen and oxygen atoms in total. The number of fused-ring (bicyclic) bond motifs is 1. The molecule has 0 atom stereocenters. The standard InChI is InChI=1S/C20H23F5N4O/c21-19(22)7-5-13(6-8-19)14-11-16(20(23,24)25)29-17(26-14)12-15(27-29)18(30)28-9-3-1-2-4-10-28/h11-13H,1-10H2. The number of carbonyl (C=O) groups excluding carboxylic acids is 1. The fourth-order valence-electron chi connectivity index (χ4n) is 4.28. The maximum absolute atomic E-state index is 13.7. The van der Waals surface area contributed by atoms with Crippen molar-refractivity contribution in [2.75, 3.05) is 13.1 Å². The van der Waals surface area contributed by atoms with Crippen LogP contribution in [0.5, 0.6) is 0 Å². The highest BCUT2D eigenvalue weighted by molar-refractivity contribution is 5.93. The fourth-order valence-corrected chi connectivity index (χ4v) is 4.28. The van der Waals surface area contributed by atoms with Crippen LogP contribution in [0.15, 0.2) is 12.1 Å². The molecule has 0 N–H and O–H groups in total. The molecule has 0 bridgehead atoms. The SMILES string of the molecule is O=C(c1cc2nc(C3CCC(F)(F)CC3)cc(C(F)(F)F)n2n1)N1CCCCCC1. The van der Waals surface area contributed by atoms with E-state index in [9.17, 15) is 26.7 Å². The van der Waals surface area contributed by atoms with Gasteiger partial charge in [0.25, 0.3) is 5.91 Å². The normalized spacial score (nSPS) is 21.0. The second-order valence-corrected chi connectivity index (χ2v) is 8.20. The number of rotatable bonds is 2. The van der Waals surface area contributed by atoms with Gasteiger partial charge >= 0.3 is 6.18 Å². The zero-order valence-electron chi connectivity index (χ0n) is 16.4. The summed E-state index contributed by atoms with van der Waals surface area (Å²) in [5.41, 5.74) is -1.09. The van der Waals surface area contributed by atoms with E-state index >= 15 is 0 Å². The Morgan fingerprint density at radius 1 is 1.03 bits per heavy atom. The van der Waals surface area contributed by atoms with Crippen molar-refractivity contribution < 1.29 is 26.7 Å². The van der Waals surface area contributed by atoms with Crippen LogP contribution in [0.25, 0.3) is 5.65 Å². The molecule has 30 heavy (non-hydrogen) atoms. The number of carbonyl (C=O) groups is 1. The highest BCUT2D eigenvalue weighted by atomic mass is 19.4. The van der Waals surface area contributed by atoms with Crippen LogP contribution in [0.1, 0.15) is 79.2 Å². The fraction of sp³-hybridized carbons (Fsp3) is 0.650. The van der Waals surface area contributed by atoms with E-state index in [1.807, 2.05) is 0 Å². The van der Waals surface area contributed by atoms with Crippen molar-refractivity contribution in [2.24, 2.45) is 0 Å². The van der Waals surface area contributed by atoms with Crippen LogP contribution in [0.4, 0.5) is 22.0 Å². The first-order valence-electron chi connectivity index (χ1n) is 10.3. The van der Waals surface area contributed by atoms with E-state index in [4.69, 9.17) is 0 Å². The van der Waals surface area contributed by atoms with Crippen molar-refractivity contribution in [1.29, 1.82) is 0 Å². The summed E-state index contributed by atoms with van der Waals surface area (Å²) >= 11 is 0. The van der Waals surface area contributed by atoms with Crippen molar-refractivity contribution in [3.63, 3.8) is 0 Å². The van der Waals surface area contributed by atoms with Crippen molar-refractivity contribution in [3.05, 3.63) is 29.2 Å². The van der Waals surface area contributed by atoms with Crippen LogP contribution in [0, 0.1) is 0 Å². The van der Waals surface area contributed by atoms with E-state index in [2.05, 4.69) is 10.1 Å². The first kappa shape index (κ1) is 21.0. The van der Waals surface area contributed by atoms with Gasteiger partial charge in [-0.15, -0.1) is 0 Å². The molecule has 0 unspecified atom stereocenters. The predicted molar refractivity (Wildman–Crippen MR) is 98.5 cm³/mol. The van der Waals surface area contributed by atoms with Crippen LogP contribution in [-0.4, -0.2) is 44.4 Å². The Labute approximate surface area is 170 Å². The molecule has 2 aliphatic rings. The van der Waals surface area contributed by atoms with Crippen LogP contribution in [-0.2, 0) is 6.18 Å². The number of hydrogen-bond acceptors (Lipinski definition) is 3. The van der Waals surface area contributed by atoms with Crippen molar-refractivity contribution in [2.45, 2.75) is 69.4 Å². The predicted octanol–water partition coefficient (Wildman–Crippen LogP) is 5.06. The van der Waals surface area contributed by atoms with E-state index in [1.165, 1.54) is 6.07 Å². The molecule has 4 rings (SSSR count). The van der Waals surface area contributed by atoms with E-state index in [0.717, 1.165) is 31.7 Å². The summed E-state index contributed by atoms with van der Waals surface area (Å²) in [4.78, 5) is 18.7. The maximum atomic E-state index is 13.7. The smallest absolute Gasteiger partial charge is 0.337 e. The molecule has 1 saturated carbocycles. The topological polar surface area (TPSA) is 50.5 Å². The summed E-state index contributed by atoms with van der Waals surface area (Å²) in [6.07, 6.45) is -1.60. The van der Waals surface area contributed by atoms with Crippen molar-refractivity contribution >= 4 is 11.6 Å². The summed E-state index contributed by atoms with van der Waals surface area (Å²) < 4.78 is 68.7. The van der Waals surface area contributed by atoms with Gasteiger partial charge in [-0.1, -0.05) is 12.8 Å². The number of hydrogen-bond donors (Lipinski definition) is 0. The average Bonchev–Trinajstić information content (AvgIpc) is 2.91. The van der Waals surface area contributed by atoms with Gasteiger partial charge in [-0.05, 0) is 31.7 Å². The van der Waals surface area contributed by atoms with E-state index in [0.29, 0.717) is 17.6 Å². The molecule has 2 fully saturated rings. The average molecular weight is 430 g/mol. The Bertz CT molecular complexity index is 921. The molecule has 2 aromatic rings. The molecule has 1 saturated heterocycles. The van der Waals surface area contributed by atoms with Gasteiger partial charge in [0.2, 0.25) is 5.92 Å². The second-order valence-electron chi connectivity index (χ2n) is 8.20. The van der Waals surface area contributed by atoms with Crippen LogP contribution >= 0.6 is 0 Å². The van der Waals surface area contributed by atoms with E-state index in [-0.39, 0.29) is 42.7 Å². The van der Waals surface area contributed by atoms with Gasteiger partial charge in [-0.3, -0.25) is 4.79 Å². The lowest BCUT2D eigenvalue weighted by Gasteiger charge is -2.28. The summed E-state index contributed by atoms with van der Waals surface area (Å²) in [7, 11) is 0. The summed E-state index contributed by atoms with van der Waals surface area (Å²) in [5.74, 6) is -3.67. The number of aromatic nitrogens is 3. The number of amides is 1. The molecule has 1 aliphatic carbocycles. The monoisotopic (exact) mass is 430 g/mol. The van der Waals surface area contributed by atoms with Crippen molar-refractivity contribution in [1.82, 2.24) is 19.5 Å². The summed E-state index contributed by atoms with van der Waals surface area (Å²) in [6.45, 7) is 1.10. The minimum absolute atomic E-state index is 0.0706. The highest BCUT2D eigenvalue weighted by Crippen LogP contribution is 2.41. The van der Waals surface area contributed by atoms with Gasteiger partial charge in [0, 0.05) is 43.6 Å². The Morgan fingerprint density at radius 2 is 1.67 bits per heavy atom.